The molecule has 2 saturated carbocycles. The van der Waals surface area contributed by atoms with E-state index in [1.807, 2.05) is 0 Å². The van der Waals surface area contributed by atoms with E-state index in [9.17, 15) is 0 Å². The zero-order valence-corrected chi connectivity index (χ0v) is 10.6. The van der Waals surface area contributed by atoms with Gasteiger partial charge in [-0.3, -0.25) is 0 Å². The Bertz CT molecular complexity index is 584. The Morgan fingerprint density at radius 1 is 0.889 bits per heavy atom. The fourth-order valence-corrected chi connectivity index (χ4v) is 4.17. The lowest BCUT2D eigenvalue weighted by Crippen LogP contribution is -2.24. The third-order valence-corrected chi connectivity index (χ3v) is 5.14. The Hall–Kier alpha value is -1.34. The fourth-order valence-electron chi connectivity index (χ4n) is 4.17. The van der Waals surface area contributed by atoms with Crippen LogP contribution in [0.2, 0.25) is 0 Å². The Balaban J connectivity index is 1.88. The third-order valence-electron chi connectivity index (χ3n) is 5.14. The van der Waals surface area contributed by atoms with Crippen LogP contribution in [-0.4, -0.2) is 0 Å². The smallest absolute Gasteiger partial charge is 0.0479 e. The van der Waals surface area contributed by atoms with Gasteiger partial charge < -0.3 is 5.73 Å². The molecule has 2 aliphatic rings. The van der Waals surface area contributed by atoms with Gasteiger partial charge in [-0.2, -0.15) is 0 Å². The van der Waals surface area contributed by atoms with E-state index in [2.05, 4.69) is 42.5 Å². The molecule has 2 aliphatic carbocycles. The Morgan fingerprint density at radius 3 is 2.33 bits per heavy atom. The summed E-state index contributed by atoms with van der Waals surface area (Å²) in [6.07, 6.45) is 5.38. The van der Waals surface area contributed by atoms with Crippen LogP contribution in [-0.2, 0) is 5.54 Å². The normalized spacial score (nSPS) is 34.3. The topological polar surface area (TPSA) is 26.0 Å². The minimum absolute atomic E-state index is 0.0304. The molecule has 0 aliphatic heterocycles. The summed E-state index contributed by atoms with van der Waals surface area (Å²) < 4.78 is 0. The average Bonchev–Trinajstić information content (AvgIpc) is 3.06. The lowest BCUT2D eigenvalue weighted by atomic mass is 9.95. The van der Waals surface area contributed by atoms with Gasteiger partial charge in [0.25, 0.3) is 0 Å². The van der Waals surface area contributed by atoms with E-state index in [1.165, 1.54) is 42.0 Å². The number of nitrogens with two attached hydrogens (primary N) is 1. The molecule has 2 aromatic rings. The molecule has 0 saturated heterocycles. The van der Waals surface area contributed by atoms with Gasteiger partial charge >= 0.3 is 0 Å². The van der Waals surface area contributed by atoms with Gasteiger partial charge in [0.2, 0.25) is 0 Å². The molecular formula is C17H19N. The third kappa shape index (κ3) is 1.26. The number of benzene rings is 2. The zero-order chi connectivity index (χ0) is 12.2. The summed E-state index contributed by atoms with van der Waals surface area (Å²) in [4.78, 5) is 0. The molecule has 2 N–H and O–H groups in total. The molecule has 18 heavy (non-hydrogen) atoms. The van der Waals surface area contributed by atoms with Crippen molar-refractivity contribution in [1.29, 1.82) is 0 Å². The van der Waals surface area contributed by atoms with Gasteiger partial charge in [-0.05, 0) is 41.0 Å². The molecule has 0 spiro atoms. The lowest BCUT2D eigenvalue weighted by Gasteiger charge is -2.15. The first-order valence-corrected chi connectivity index (χ1v) is 7.09. The van der Waals surface area contributed by atoms with Gasteiger partial charge in [0.1, 0.15) is 0 Å². The second kappa shape index (κ2) is 3.58. The van der Waals surface area contributed by atoms with Gasteiger partial charge in [0.15, 0.2) is 0 Å². The Morgan fingerprint density at radius 2 is 1.56 bits per heavy atom. The summed E-state index contributed by atoms with van der Waals surface area (Å²) in [5, 5.41) is 2.68. The molecule has 4 rings (SSSR count). The van der Waals surface area contributed by atoms with E-state index in [1.54, 1.807) is 0 Å². The molecule has 2 unspecified atom stereocenters. The average molecular weight is 237 g/mol. The van der Waals surface area contributed by atoms with Crippen LogP contribution in [0.5, 0.6) is 0 Å². The van der Waals surface area contributed by atoms with Crippen molar-refractivity contribution < 1.29 is 0 Å². The van der Waals surface area contributed by atoms with Gasteiger partial charge in [-0.1, -0.05) is 55.3 Å². The number of fused-ring (bicyclic) bond motifs is 2. The lowest BCUT2D eigenvalue weighted by molar-refractivity contribution is 0.480. The van der Waals surface area contributed by atoms with Crippen molar-refractivity contribution in [2.75, 3.05) is 0 Å². The molecule has 0 bridgehead atoms. The van der Waals surface area contributed by atoms with E-state index in [-0.39, 0.29) is 5.54 Å². The van der Waals surface area contributed by atoms with E-state index in [0.717, 1.165) is 11.8 Å². The highest BCUT2D eigenvalue weighted by atomic mass is 14.9. The van der Waals surface area contributed by atoms with Crippen LogP contribution >= 0.6 is 0 Å². The summed E-state index contributed by atoms with van der Waals surface area (Å²) in [7, 11) is 0. The van der Waals surface area contributed by atoms with Crippen molar-refractivity contribution in [2.45, 2.75) is 31.2 Å². The van der Waals surface area contributed by atoms with Gasteiger partial charge in [-0.25, -0.2) is 0 Å². The van der Waals surface area contributed by atoms with E-state index < -0.39 is 0 Å². The first-order valence-electron chi connectivity index (χ1n) is 7.09. The van der Waals surface area contributed by atoms with E-state index in [4.69, 9.17) is 5.73 Å². The monoisotopic (exact) mass is 237 g/mol. The molecule has 92 valence electrons. The Kier molecular flexibility index (Phi) is 2.10. The highest BCUT2D eigenvalue weighted by Crippen LogP contribution is 2.63. The highest BCUT2D eigenvalue weighted by molar-refractivity contribution is 5.87. The van der Waals surface area contributed by atoms with Gasteiger partial charge in [0, 0.05) is 5.54 Å². The van der Waals surface area contributed by atoms with E-state index in [0.29, 0.717) is 0 Å². The van der Waals surface area contributed by atoms with Gasteiger partial charge in [0.05, 0.1) is 0 Å². The summed E-state index contributed by atoms with van der Waals surface area (Å²) in [5.41, 5.74) is 8.14. The second-order valence-corrected chi connectivity index (χ2v) is 5.96. The first-order chi connectivity index (χ1) is 8.82. The van der Waals surface area contributed by atoms with Crippen LogP contribution in [0, 0.1) is 11.8 Å². The van der Waals surface area contributed by atoms with Crippen LogP contribution in [0.1, 0.15) is 31.2 Å². The maximum absolute atomic E-state index is 6.78. The van der Waals surface area contributed by atoms with E-state index >= 15 is 0 Å². The molecule has 2 fully saturated rings. The predicted molar refractivity (Wildman–Crippen MR) is 75.3 cm³/mol. The number of hydrogen-bond acceptors (Lipinski definition) is 1. The minimum Gasteiger partial charge on any atom is -0.321 e. The number of hydrogen-bond donors (Lipinski definition) is 1. The highest BCUT2D eigenvalue weighted by Gasteiger charge is 2.63. The van der Waals surface area contributed by atoms with Crippen LogP contribution in [0.3, 0.4) is 0 Å². The van der Waals surface area contributed by atoms with Crippen molar-refractivity contribution in [3.63, 3.8) is 0 Å². The predicted octanol–water partition coefficient (Wildman–Crippen LogP) is 3.81. The van der Waals surface area contributed by atoms with Crippen LogP contribution < -0.4 is 5.73 Å². The molecule has 2 aromatic carbocycles. The van der Waals surface area contributed by atoms with Crippen LogP contribution in [0.15, 0.2) is 42.5 Å². The van der Waals surface area contributed by atoms with Crippen LogP contribution in [0.4, 0.5) is 0 Å². The SMILES string of the molecule is NC1(c2cccc3ccccc23)C2CCCCC21. The zero-order valence-electron chi connectivity index (χ0n) is 10.6. The van der Waals surface area contributed by atoms with Crippen molar-refractivity contribution in [2.24, 2.45) is 17.6 Å². The van der Waals surface area contributed by atoms with Crippen molar-refractivity contribution in [1.82, 2.24) is 0 Å². The molecule has 0 amide bonds. The summed E-state index contributed by atoms with van der Waals surface area (Å²) >= 11 is 0. The molecular weight excluding hydrogens is 218 g/mol. The molecule has 1 nitrogen and oxygen atoms in total. The minimum atomic E-state index is -0.0304. The van der Waals surface area contributed by atoms with Crippen LogP contribution in [0.25, 0.3) is 10.8 Å². The molecule has 0 heterocycles. The van der Waals surface area contributed by atoms with Gasteiger partial charge in [-0.15, -0.1) is 0 Å². The summed E-state index contributed by atoms with van der Waals surface area (Å²) in [6.45, 7) is 0. The largest absolute Gasteiger partial charge is 0.321 e. The summed E-state index contributed by atoms with van der Waals surface area (Å²) in [5.74, 6) is 1.47. The standard InChI is InChI=1S/C17H19N/c18-17(15-9-3-4-10-16(15)17)14-11-5-7-12-6-1-2-8-13(12)14/h1-2,5-8,11,15-16H,3-4,9-10,18H2. The van der Waals surface area contributed by atoms with Crippen molar-refractivity contribution in [3.8, 4) is 0 Å². The van der Waals surface area contributed by atoms with Crippen molar-refractivity contribution in [3.05, 3.63) is 48.0 Å². The molecule has 0 radical (unpaired) electrons. The fraction of sp³-hybridized carbons (Fsp3) is 0.412. The Labute approximate surface area is 108 Å². The first kappa shape index (κ1) is 10.6. The second-order valence-electron chi connectivity index (χ2n) is 5.96. The molecule has 0 aromatic heterocycles. The quantitative estimate of drug-likeness (QED) is 0.801. The maximum atomic E-state index is 6.78. The summed E-state index contributed by atoms with van der Waals surface area (Å²) in [6, 6.07) is 15.2. The van der Waals surface area contributed by atoms with Crippen molar-refractivity contribution >= 4 is 10.8 Å². The molecule has 1 heteroatoms. The molecule has 2 atom stereocenters. The maximum Gasteiger partial charge on any atom is 0.0479 e. The number of rotatable bonds is 1.